The van der Waals surface area contributed by atoms with E-state index in [2.05, 4.69) is 20.6 Å². The van der Waals surface area contributed by atoms with Gasteiger partial charge in [-0.25, -0.2) is 5.10 Å². The zero-order valence-corrected chi connectivity index (χ0v) is 9.12. The van der Waals surface area contributed by atoms with Gasteiger partial charge in [0.1, 0.15) is 11.7 Å². The molecule has 86 valence electrons. The van der Waals surface area contributed by atoms with Crippen molar-refractivity contribution in [3.05, 3.63) is 41.7 Å². The van der Waals surface area contributed by atoms with Gasteiger partial charge in [0.05, 0.1) is 0 Å². The summed E-state index contributed by atoms with van der Waals surface area (Å²) in [4.78, 5) is 23.7. The molecule has 0 spiro atoms. The number of aromatic nitrogens is 4. The first-order chi connectivity index (χ1) is 8.20. The van der Waals surface area contributed by atoms with Gasteiger partial charge in [0, 0.05) is 5.56 Å². The summed E-state index contributed by atoms with van der Waals surface area (Å²) in [5.41, 5.74) is 0.462. The largest absolute Gasteiger partial charge is 0.299 e. The van der Waals surface area contributed by atoms with Crippen LogP contribution in [0.4, 0.5) is 0 Å². The fourth-order valence-corrected chi connectivity index (χ4v) is 1.56. The number of carbonyl (C=O) groups is 2. The molecule has 6 nitrogen and oxygen atoms in total. The Morgan fingerprint density at radius 2 is 1.94 bits per heavy atom. The van der Waals surface area contributed by atoms with Crippen LogP contribution in [0, 0.1) is 0 Å². The van der Waals surface area contributed by atoms with E-state index in [1.54, 1.807) is 30.3 Å². The molecule has 0 aliphatic heterocycles. The van der Waals surface area contributed by atoms with E-state index in [1.165, 1.54) is 6.92 Å². The smallest absolute Gasteiger partial charge is 0.181 e. The minimum absolute atomic E-state index is 0.173. The maximum absolute atomic E-state index is 12.1. The maximum Gasteiger partial charge on any atom is 0.181 e. The van der Waals surface area contributed by atoms with Crippen LogP contribution in [0.2, 0.25) is 0 Å². The average molecular weight is 230 g/mol. The van der Waals surface area contributed by atoms with Crippen molar-refractivity contribution in [1.29, 1.82) is 0 Å². The van der Waals surface area contributed by atoms with Crippen LogP contribution < -0.4 is 0 Å². The number of hydrogen-bond acceptors (Lipinski definition) is 5. The van der Waals surface area contributed by atoms with Gasteiger partial charge in [0.15, 0.2) is 11.6 Å². The van der Waals surface area contributed by atoms with Gasteiger partial charge in [-0.05, 0) is 17.4 Å². The first-order valence-corrected chi connectivity index (χ1v) is 5.03. The van der Waals surface area contributed by atoms with Crippen molar-refractivity contribution in [2.75, 3.05) is 0 Å². The number of hydrogen-bond donors (Lipinski definition) is 1. The van der Waals surface area contributed by atoms with Crippen LogP contribution in [0.3, 0.4) is 0 Å². The standard InChI is InChI=1S/C11H10N4O2/c1-7(16)9(11-12-14-15-13-11)10(17)8-5-3-2-4-6-8/h2-6,9H,1H3,(H,12,13,14,15). The number of nitrogens with one attached hydrogen (secondary N) is 1. The molecule has 1 aromatic heterocycles. The number of carbonyl (C=O) groups excluding carboxylic acids is 2. The van der Waals surface area contributed by atoms with E-state index in [1.807, 2.05) is 0 Å². The summed E-state index contributed by atoms with van der Waals surface area (Å²) < 4.78 is 0. The molecule has 0 saturated carbocycles. The zero-order valence-electron chi connectivity index (χ0n) is 9.12. The number of H-pyrrole nitrogens is 1. The summed E-state index contributed by atoms with van der Waals surface area (Å²) in [5, 5.41) is 12.8. The quantitative estimate of drug-likeness (QED) is 0.618. The van der Waals surface area contributed by atoms with Crippen LogP contribution >= 0.6 is 0 Å². The average Bonchev–Trinajstić information content (AvgIpc) is 2.83. The summed E-state index contributed by atoms with van der Waals surface area (Å²) in [6.45, 7) is 1.34. The Balaban J connectivity index is 2.36. The van der Waals surface area contributed by atoms with Crippen molar-refractivity contribution in [2.24, 2.45) is 0 Å². The highest BCUT2D eigenvalue weighted by Gasteiger charge is 2.29. The van der Waals surface area contributed by atoms with Crippen LogP contribution in [0.1, 0.15) is 29.0 Å². The Labute approximate surface area is 97.0 Å². The van der Waals surface area contributed by atoms with Gasteiger partial charge >= 0.3 is 0 Å². The SMILES string of the molecule is CC(=O)C(C(=O)c1ccccc1)c1nnn[nH]1. The molecule has 0 aliphatic carbocycles. The van der Waals surface area contributed by atoms with Crippen molar-refractivity contribution in [1.82, 2.24) is 20.6 Å². The highest BCUT2D eigenvalue weighted by atomic mass is 16.1. The van der Waals surface area contributed by atoms with E-state index in [9.17, 15) is 9.59 Å². The predicted octanol–water partition coefficient (Wildman–Crippen LogP) is 0.755. The molecule has 1 atom stereocenters. The molecular formula is C11H10N4O2. The van der Waals surface area contributed by atoms with Gasteiger partial charge in [-0.1, -0.05) is 30.3 Å². The lowest BCUT2D eigenvalue weighted by Crippen LogP contribution is -2.21. The molecule has 1 N–H and O–H groups in total. The van der Waals surface area contributed by atoms with E-state index < -0.39 is 5.92 Å². The van der Waals surface area contributed by atoms with Crippen molar-refractivity contribution in [2.45, 2.75) is 12.8 Å². The van der Waals surface area contributed by atoms with E-state index >= 15 is 0 Å². The Morgan fingerprint density at radius 3 is 2.47 bits per heavy atom. The van der Waals surface area contributed by atoms with Crippen LogP contribution in [0.15, 0.2) is 30.3 Å². The van der Waals surface area contributed by atoms with Gasteiger partial charge in [0.2, 0.25) is 0 Å². The Bertz CT molecular complexity index is 522. The van der Waals surface area contributed by atoms with E-state index in [0.29, 0.717) is 5.56 Å². The second-order valence-corrected chi connectivity index (χ2v) is 3.56. The maximum atomic E-state index is 12.1. The fraction of sp³-hybridized carbons (Fsp3) is 0.182. The van der Waals surface area contributed by atoms with Crippen LogP contribution in [-0.4, -0.2) is 32.2 Å². The molecule has 0 aliphatic rings. The highest BCUT2D eigenvalue weighted by Crippen LogP contribution is 2.17. The lowest BCUT2D eigenvalue weighted by molar-refractivity contribution is -0.117. The predicted molar refractivity (Wildman–Crippen MR) is 58.4 cm³/mol. The van der Waals surface area contributed by atoms with Crippen molar-refractivity contribution >= 4 is 11.6 Å². The molecule has 17 heavy (non-hydrogen) atoms. The van der Waals surface area contributed by atoms with Gasteiger partial charge in [-0.15, -0.1) is 5.10 Å². The number of nitrogens with zero attached hydrogens (tertiary/aromatic N) is 3. The third kappa shape index (κ3) is 2.25. The monoisotopic (exact) mass is 230 g/mol. The molecule has 1 heterocycles. The number of benzene rings is 1. The number of tetrazole rings is 1. The minimum Gasteiger partial charge on any atom is -0.299 e. The third-order valence-electron chi connectivity index (χ3n) is 2.36. The molecular weight excluding hydrogens is 220 g/mol. The molecule has 0 fully saturated rings. The molecule has 0 bridgehead atoms. The van der Waals surface area contributed by atoms with Gasteiger partial charge in [-0.2, -0.15) is 0 Å². The summed E-state index contributed by atoms with van der Waals surface area (Å²) >= 11 is 0. The fourth-order valence-electron chi connectivity index (χ4n) is 1.56. The highest BCUT2D eigenvalue weighted by molar-refractivity contribution is 6.13. The van der Waals surface area contributed by atoms with Gasteiger partial charge < -0.3 is 0 Å². The van der Waals surface area contributed by atoms with Crippen LogP contribution in [0.5, 0.6) is 0 Å². The van der Waals surface area contributed by atoms with E-state index in [-0.39, 0.29) is 17.4 Å². The molecule has 1 unspecified atom stereocenters. The van der Waals surface area contributed by atoms with Crippen LogP contribution in [0.25, 0.3) is 0 Å². The Morgan fingerprint density at radius 1 is 1.24 bits per heavy atom. The van der Waals surface area contributed by atoms with E-state index in [0.717, 1.165) is 0 Å². The first-order valence-electron chi connectivity index (χ1n) is 5.03. The minimum atomic E-state index is -0.965. The molecule has 2 rings (SSSR count). The molecule has 0 amide bonds. The zero-order chi connectivity index (χ0) is 12.3. The second-order valence-electron chi connectivity index (χ2n) is 3.56. The summed E-state index contributed by atoms with van der Waals surface area (Å²) in [5.74, 6) is -1.40. The Kier molecular flexibility index (Phi) is 3.04. The van der Waals surface area contributed by atoms with Crippen molar-refractivity contribution in [3.8, 4) is 0 Å². The first kappa shape index (κ1) is 11.1. The number of rotatable bonds is 4. The normalized spacial score (nSPS) is 12.1. The van der Waals surface area contributed by atoms with E-state index in [4.69, 9.17) is 0 Å². The molecule has 6 heteroatoms. The lowest BCUT2D eigenvalue weighted by atomic mass is 9.94. The summed E-state index contributed by atoms with van der Waals surface area (Å²) in [7, 11) is 0. The van der Waals surface area contributed by atoms with Gasteiger partial charge in [0.25, 0.3) is 0 Å². The molecule has 2 aromatic rings. The number of ketones is 2. The Hall–Kier alpha value is -2.37. The van der Waals surface area contributed by atoms with Gasteiger partial charge in [-0.3, -0.25) is 9.59 Å². The third-order valence-corrected chi connectivity index (χ3v) is 2.36. The van der Waals surface area contributed by atoms with Crippen LogP contribution in [-0.2, 0) is 4.79 Å². The lowest BCUT2D eigenvalue weighted by Gasteiger charge is -2.08. The number of Topliss-reactive ketones (excluding diaryl/α,β-unsaturated/α-hetero) is 2. The summed E-state index contributed by atoms with van der Waals surface area (Å²) in [6.07, 6.45) is 0. The molecule has 0 saturated heterocycles. The van der Waals surface area contributed by atoms with Crippen molar-refractivity contribution in [3.63, 3.8) is 0 Å². The summed E-state index contributed by atoms with van der Waals surface area (Å²) in [6, 6.07) is 8.59. The molecule has 1 aromatic carbocycles. The topological polar surface area (TPSA) is 88.6 Å². The van der Waals surface area contributed by atoms with Crippen molar-refractivity contribution < 1.29 is 9.59 Å². The molecule has 0 radical (unpaired) electrons. The second kappa shape index (κ2) is 4.65. The number of aromatic amines is 1.